The molecule has 1 saturated heterocycles. The van der Waals surface area contributed by atoms with Crippen molar-refractivity contribution in [1.82, 2.24) is 10.2 Å². The van der Waals surface area contributed by atoms with Crippen molar-refractivity contribution in [2.75, 3.05) is 20.1 Å². The van der Waals surface area contributed by atoms with E-state index >= 15 is 0 Å². The predicted molar refractivity (Wildman–Crippen MR) is 65.9 cm³/mol. The molecule has 2 unspecified atom stereocenters. The molecule has 4 N–H and O–H groups in total. The van der Waals surface area contributed by atoms with Crippen molar-refractivity contribution in [2.24, 2.45) is 22.2 Å². The molecule has 102 valence electrons. The van der Waals surface area contributed by atoms with Gasteiger partial charge in [0, 0.05) is 20.1 Å². The van der Waals surface area contributed by atoms with E-state index < -0.39 is 11.3 Å². The molecule has 0 aromatic heterocycles. The summed E-state index contributed by atoms with van der Waals surface area (Å²) in [4.78, 5) is 25.4. The number of amidine groups is 1. The molecular formula is C11H20N4O3. The normalized spacial score (nSPS) is 25.9. The van der Waals surface area contributed by atoms with Crippen LogP contribution in [0.4, 0.5) is 0 Å². The van der Waals surface area contributed by atoms with Crippen LogP contribution in [-0.2, 0) is 9.59 Å². The zero-order chi connectivity index (χ0) is 13.9. The summed E-state index contributed by atoms with van der Waals surface area (Å²) in [6.45, 7) is 4.26. The molecule has 1 aliphatic heterocycles. The molecule has 0 aromatic carbocycles. The van der Waals surface area contributed by atoms with Gasteiger partial charge >= 0.3 is 0 Å². The van der Waals surface area contributed by atoms with Crippen molar-refractivity contribution in [2.45, 2.75) is 20.3 Å². The fourth-order valence-corrected chi connectivity index (χ4v) is 2.12. The number of rotatable bonds is 3. The SMILES string of the molecule is CNC(=O)C1(C)CCN(C(=O)C(C)C(N)=NO)C1. The molecule has 0 spiro atoms. The van der Waals surface area contributed by atoms with E-state index in [0.29, 0.717) is 19.5 Å². The highest BCUT2D eigenvalue weighted by molar-refractivity contribution is 6.02. The van der Waals surface area contributed by atoms with E-state index in [1.165, 1.54) is 0 Å². The number of nitrogens with two attached hydrogens (primary N) is 1. The minimum atomic E-state index is -0.679. The highest BCUT2D eigenvalue weighted by Gasteiger charge is 2.42. The lowest BCUT2D eigenvalue weighted by atomic mass is 9.89. The van der Waals surface area contributed by atoms with Crippen molar-refractivity contribution in [3.63, 3.8) is 0 Å². The third-order valence-corrected chi connectivity index (χ3v) is 3.49. The number of hydrogen-bond donors (Lipinski definition) is 3. The van der Waals surface area contributed by atoms with E-state index in [9.17, 15) is 9.59 Å². The molecule has 2 amide bonds. The standard InChI is InChI=1S/C11H20N4O3/c1-7(8(12)14-18)9(16)15-5-4-11(2,6-15)10(17)13-3/h7,18H,4-6H2,1-3H3,(H2,12,14)(H,13,17). The molecule has 0 bridgehead atoms. The summed E-state index contributed by atoms with van der Waals surface area (Å²) in [7, 11) is 1.58. The molecule has 1 heterocycles. The molecule has 1 aliphatic rings. The highest BCUT2D eigenvalue weighted by Crippen LogP contribution is 2.30. The van der Waals surface area contributed by atoms with Gasteiger partial charge in [-0.1, -0.05) is 5.16 Å². The van der Waals surface area contributed by atoms with E-state index in [0.717, 1.165) is 0 Å². The zero-order valence-corrected chi connectivity index (χ0v) is 10.9. The fraction of sp³-hybridized carbons (Fsp3) is 0.727. The lowest BCUT2D eigenvalue weighted by Gasteiger charge is -2.24. The second-order valence-corrected chi connectivity index (χ2v) is 4.90. The number of oxime groups is 1. The third kappa shape index (κ3) is 2.55. The average Bonchev–Trinajstić information content (AvgIpc) is 2.78. The van der Waals surface area contributed by atoms with E-state index in [4.69, 9.17) is 10.9 Å². The molecule has 0 radical (unpaired) electrons. The molecule has 18 heavy (non-hydrogen) atoms. The molecule has 0 aromatic rings. The first-order chi connectivity index (χ1) is 8.35. The summed E-state index contributed by atoms with van der Waals surface area (Å²) in [5.41, 5.74) is 4.85. The monoisotopic (exact) mass is 256 g/mol. The second kappa shape index (κ2) is 5.24. The van der Waals surface area contributed by atoms with Gasteiger partial charge in [0.05, 0.1) is 11.3 Å². The van der Waals surface area contributed by atoms with Gasteiger partial charge < -0.3 is 21.2 Å². The van der Waals surface area contributed by atoms with E-state index in [2.05, 4.69) is 10.5 Å². The third-order valence-electron chi connectivity index (χ3n) is 3.49. The van der Waals surface area contributed by atoms with E-state index in [1.54, 1.807) is 18.9 Å². The van der Waals surface area contributed by atoms with Gasteiger partial charge in [-0.25, -0.2) is 0 Å². The first kappa shape index (κ1) is 14.3. The van der Waals surface area contributed by atoms with Crippen LogP contribution in [0.2, 0.25) is 0 Å². The molecule has 7 nitrogen and oxygen atoms in total. The Balaban J connectivity index is 2.73. The summed E-state index contributed by atoms with van der Waals surface area (Å²) in [6, 6.07) is 0. The average molecular weight is 256 g/mol. The predicted octanol–water partition coefficient (Wildman–Crippen LogP) is -0.646. The molecular weight excluding hydrogens is 236 g/mol. The lowest BCUT2D eigenvalue weighted by Crippen LogP contribution is -2.43. The van der Waals surface area contributed by atoms with Crippen LogP contribution < -0.4 is 11.1 Å². The summed E-state index contributed by atoms with van der Waals surface area (Å²) in [5, 5.41) is 14.0. The maximum absolute atomic E-state index is 12.1. The number of nitrogens with zero attached hydrogens (tertiary/aromatic N) is 2. The first-order valence-corrected chi connectivity index (χ1v) is 5.84. The van der Waals surface area contributed by atoms with E-state index in [-0.39, 0.29) is 17.6 Å². The Bertz CT molecular complexity index is 382. The Hall–Kier alpha value is -1.79. The topological polar surface area (TPSA) is 108 Å². The number of carbonyl (C=O) groups excluding carboxylic acids is 2. The lowest BCUT2D eigenvalue weighted by molar-refractivity contribution is -0.133. The van der Waals surface area contributed by atoms with Gasteiger partial charge in [-0.3, -0.25) is 9.59 Å². The molecule has 7 heteroatoms. The Labute approximate surface area is 106 Å². The maximum atomic E-state index is 12.1. The maximum Gasteiger partial charge on any atom is 0.233 e. The smallest absolute Gasteiger partial charge is 0.233 e. The summed E-state index contributed by atoms with van der Waals surface area (Å²) < 4.78 is 0. The van der Waals surface area contributed by atoms with Gasteiger partial charge in [-0.05, 0) is 20.3 Å². The van der Waals surface area contributed by atoms with Crippen LogP contribution in [0.5, 0.6) is 0 Å². The summed E-state index contributed by atoms with van der Waals surface area (Å²) in [5.74, 6) is -1.09. The number of nitrogens with one attached hydrogen (secondary N) is 1. The Morgan fingerprint density at radius 3 is 2.67 bits per heavy atom. The van der Waals surface area contributed by atoms with Crippen molar-refractivity contribution in [3.05, 3.63) is 0 Å². The van der Waals surface area contributed by atoms with Gasteiger partial charge in [0.15, 0.2) is 5.84 Å². The van der Waals surface area contributed by atoms with Gasteiger partial charge in [-0.15, -0.1) is 0 Å². The summed E-state index contributed by atoms with van der Waals surface area (Å²) in [6.07, 6.45) is 0.612. The van der Waals surface area contributed by atoms with Gasteiger partial charge in [-0.2, -0.15) is 0 Å². The van der Waals surface area contributed by atoms with Crippen molar-refractivity contribution >= 4 is 17.6 Å². The van der Waals surface area contributed by atoms with Crippen LogP contribution >= 0.6 is 0 Å². The van der Waals surface area contributed by atoms with Crippen LogP contribution in [0.25, 0.3) is 0 Å². The number of carbonyl (C=O) groups is 2. The van der Waals surface area contributed by atoms with E-state index in [1.807, 2.05) is 6.92 Å². The number of likely N-dealkylation sites (tertiary alicyclic amines) is 1. The van der Waals surface area contributed by atoms with Crippen LogP contribution in [-0.4, -0.2) is 47.9 Å². The molecule has 0 saturated carbocycles. The second-order valence-electron chi connectivity index (χ2n) is 4.90. The Kier molecular flexibility index (Phi) is 4.15. The minimum Gasteiger partial charge on any atom is -0.409 e. The van der Waals surface area contributed by atoms with Crippen LogP contribution in [0.1, 0.15) is 20.3 Å². The quantitative estimate of drug-likeness (QED) is 0.270. The van der Waals surface area contributed by atoms with Crippen LogP contribution in [0, 0.1) is 11.3 Å². The number of amides is 2. The molecule has 1 rings (SSSR count). The Morgan fingerprint density at radius 1 is 1.56 bits per heavy atom. The minimum absolute atomic E-state index is 0.0748. The highest BCUT2D eigenvalue weighted by atomic mass is 16.4. The van der Waals surface area contributed by atoms with Crippen molar-refractivity contribution in [1.29, 1.82) is 0 Å². The van der Waals surface area contributed by atoms with Crippen LogP contribution in [0.15, 0.2) is 5.16 Å². The van der Waals surface area contributed by atoms with Crippen LogP contribution in [0.3, 0.4) is 0 Å². The van der Waals surface area contributed by atoms with Gasteiger partial charge in [0.1, 0.15) is 0 Å². The molecule has 0 aliphatic carbocycles. The van der Waals surface area contributed by atoms with Gasteiger partial charge in [0.2, 0.25) is 11.8 Å². The number of hydrogen-bond acceptors (Lipinski definition) is 4. The summed E-state index contributed by atoms with van der Waals surface area (Å²) >= 11 is 0. The zero-order valence-electron chi connectivity index (χ0n) is 10.9. The largest absolute Gasteiger partial charge is 0.409 e. The molecule has 1 fully saturated rings. The first-order valence-electron chi connectivity index (χ1n) is 5.84. The molecule has 2 atom stereocenters. The van der Waals surface area contributed by atoms with Gasteiger partial charge in [0.25, 0.3) is 0 Å². The van der Waals surface area contributed by atoms with Crippen molar-refractivity contribution in [3.8, 4) is 0 Å². The van der Waals surface area contributed by atoms with Crippen molar-refractivity contribution < 1.29 is 14.8 Å². The fourth-order valence-electron chi connectivity index (χ4n) is 2.12. The Morgan fingerprint density at radius 2 is 2.17 bits per heavy atom.